The minimum absolute atomic E-state index is 0.104. The summed E-state index contributed by atoms with van der Waals surface area (Å²) in [5, 5.41) is 0. The van der Waals surface area contributed by atoms with Gasteiger partial charge in [0.2, 0.25) is 5.91 Å². The van der Waals surface area contributed by atoms with Crippen molar-refractivity contribution in [3.63, 3.8) is 0 Å². The highest BCUT2D eigenvalue weighted by molar-refractivity contribution is 7.92. The van der Waals surface area contributed by atoms with E-state index in [4.69, 9.17) is 0 Å². The van der Waals surface area contributed by atoms with Crippen LogP contribution in [0.25, 0.3) is 11.1 Å². The number of amides is 1. The van der Waals surface area contributed by atoms with Crippen molar-refractivity contribution >= 4 is 27.3 Å². The second-order valence-electron chi connectivity index (χ2n) is 6.98. The number of aryl methyl sites for hydroxylation is 1. The SMILES string of the molecule is CCN1C(=O)CCc2cc(NS(=O)(=O)c3ccc(-c4ccccc4)cc3)ccc21. The average Bonchev–Trinajstić information content (AvgIpc) is 2.74. The molecule has 4 rings (SSSR count). The van der Waals surface area contributed by atoms with Crippen LogP contribution in [-0.4, -0.2) is 20.9 Å². The van der Waals surface area contributed by atoms with Gasteiger partial charge in [0.25, 0.3) is 10.0 Å². The molecule has 1 amide bonds. The third kappa shape index (κ3) is 3.89. The summed E-state index contributed by atoms with van der Waals surface area (Å²) in [6.45, 7) is 2.54. The first-order valence-electron chi connectivity index (χ1n) is 9.59. The van der Waals surface area contributed by atoms with Crippen LogP contribution in [0, 0.1) is 0 Å². The number of rotatable bonds is 5. The standard InChI is InChI=1S/C23H22N2O3S/c1-2-25-22-14-11-20(16-19(22)10-15-23(25)26)24-29(27,28)21-12-8-18(9-13-21)17-6-4-3-5-7-17/h3-9,11-14,16,24H,2,10,15H2,1H3. The third-order valence-electron chi connectivity index (χ3n) is 5.12. The maximum absolute atomic E-state index is 12.8. The van der Waals surface area contributed by atoms with Crippen molar-refractivity contribution in [2.45, 2.75) is 24.7 Å². The highest BCUT2D eigenvalue weighted by atomic mass is 32.2. The number of nitrogens with one attached hydrogen (secondary N) is 1. The summed E-state index contributed by atoms with van der Waals surface area (Å²) >= 11 is 0. The number of nitrogens with zero attached hydrogens (tertiary/aromatic N) is 1. The molecule has 148 valence electrons. The van der Waals surface area contributed by atoms with Crippen LogP contribution in [0.2, 0.25) is 0 Å². The van der Waals surface area contributed by atoms with Gasteiger partial charge in [-0.2, -0.15) is 0 Å². The zero-order valence-electron chi connectivity index (χ0n) is 16.1. The van der Waals surface area contributed by atoms with E-state index in [0.29, 0.717) is 25.1 Å². The fourth-order valence-corrected chi connectivity index (χ4v) is 4.69. The Morgan fingerprint density at radius 1 is 0.897 bits per heavy atom. The van der Waals surface area contributed by atoms with E-state index in [1.54, 1.807) is 23.1 Å². The third-order valence-corrected chi connectivity index (χ3v) is 6.52. The Kier molecular flexibility index (Phi) is 5.11. The summed E-state index contributed by atoms with van der Waals surface area (Å²) in [5.74, 6) is 0.104. The van der Waals surface area contributed by atoms with Crippen molar-refractivity contribution < 1.29 is 13.2 Å². The van der Waals surface area contributed by atoms with E-state index in [2.05, 4.69) is 4.72 Å². The highest BCUT2D eigenvalue weighted by Crippen LogP contribution is 2.31. The molecule has 0 aromatic heterocycles. The van der Waals surface area contributed by atoms with Gasteiger partial charge in [-0.3, -0.25) is 9.52 Å². The molecule has 3 aromatic rings. The molecule has 6 heteroatoms. The van der Waals surface area contributed by atoms with Crippen molar-refractivity contribution in [2.75, 3.05) is 16.2 Å². The van der Waals surface area contributed by atoms with Gasteiger partial charge in [0.1, 0.15) is 0 Å². The van der Waals surface area contributed by atoms with Crippen molar-refractivity contribution in [1.29, 1.82) is 0 Å². The molecule has 0 atom stereocenters. The van der Waals surface area contributed by atoms with Gasteiger partial charge in [0.05, 0.1) is 4.90 Å². The van der Waals surface area contributed by atoms with Gasteiger partial charge in [-0.05, 0) is 60.4 Å². The van der Waals surface area contributed by atoms with Crippen LogP contribution < -0.4 is 9.62 Å². The van der Waals surface area contributed by atoms with Gasteiger partial charge in [-0.25, -0.2) is 8.42 Å². The Balaban J connectivity index is 1.57. The number of hydrogen-bond donors (Lipinski definition) is 1. The monoisotopic (exact) mass is 406 g/mol. The number of fused-ring (bicyclic) bond motifs is 1. The van der Waals surface area contributed by atoms with Crippen LogP contribution in [0.1, 0.15) is 18.9 Å². The van der Waals surface area contributed by atoms with Crippen LogP contribution >= 0.6 is 0 Å². The van der Waals surface area contributed by atoms with E-state index in [1.807, 2.05) is 61.5 Å². The summed E-state index contributed by atoms with van der Waals surface area (Å²) in [6, 6.07) is 22.0. The zero-order valence-corrected chi connectivity index (χ0v) is 16.9. The molecule has 0 saturated heterocycles. The van der Waals surface area contributed by atoms with E-state index >= 15 is 0 Å². The number of hydrogen-bond acceptors (Lipinski definition) is 3. The molecule has 0 spiro atoms. The van der Waals surface area contributed by atoms with Gasteiger partial charge in [0, 0.05) is 24.3 Å². The molecule has 29 heavy (non-hydrogen) atoms. The molecule has 0 saturated carbocycles. The molecule has 1 aliphatic heterocycles. The zero-order chi connectivity index (χ0) is 20.4. The Labute approximate surface area is 171 Å². The molecule has 0 unspecified atom stereocenters. The molecule has 0 fully saturated rings. The first-order chi connectivity index (χ1) is 14.0. The van der Waals surface area contributed by atoms with Crippen molar-refractivity contribution in [3.05, 3.63) is 78.4 Å². The summed E-state index contributed by atoms with van der Waals surface area (Å²) in [6.07, 6.45) is 1.06. The number of benzene rings is 3. The van der Waals surface area contributed by atoms with Crippen molar-refractivity contribution in [3.8, 4) is 11.1 Å². The maximum Gasteiger partial charge on any atom is 0.261 e. The average molecular weight is 407 g/mol. The van der Waals surface area contributed by atoms with E-state index < -0.39 is 10.0 Å². The lowest BCUT2D eigenvalue weighted by atomic mass is 10.0. The van der Waals surface area contributed by atoms with Crippen LogP contribution in [0.5, 0.6) is 0 Å². The molecule has 3 aromatic carbocycles. The Morgan fingerprint density at radius 2 is 1.59 bits per heavy atom. The largest absolute Gasteiger partial charge is 0.312 e. The van der Waals surface area contributed by atoms with Gasteiger partial charge in [-0.1, -0.05) is 42.5 Å². The van der Waals surface area contributed by atoms with E-state index in [-0.39, 0.29) is 10.8 Å². The lowest BCUT2D eigenvalue weighted by molar-refractivity contribution is -0.118. The second-order valence-corrected chi connectivity index (χ2v) is 8.66. The van der Waals surface area contributed by atoms with Crippen LogP contribution in [0.15, 0.2) is 77.7 Å². The first-order valence-corrected chi connectivity index (χ1v) is 11.1. The normalized spacial score (nSPS) is 13.8. The van der Waals surface area contributed by atoms with Gasteiger partial charge < -0.3 is 4.90 Å². The smallest absolute Gasteiger partial charge is 0.261 e. The lowest BCUT2D eigenvalue weighted by Crippen LogP contribution is -2.34. The molecule has 0 radical (unpaired) electrons. The fraction of sp³-hybridized carbons (Fsp3) is 0.174. The van der Waals surface area contributed by atoms with E-state index in [1.165, 1.54) is 0 Å². The molecule has 0 aliphatic carbocycles. The predicted molar refractivity (Wildman–Crippen MR) is 115 cm³/mol. The highest BCUT2D eigenvalue weighted by Gasteiger charge is 2.23. The molecular formula is C23H22N2O3S. The molecule has 5 nitrogen and oxygen atoms in total. The molecule has 1 heterocycles. The quantitative estimate of drug-likeness (QED) is 0.681. The first kappa shape index (κ1) is 19.2. The maximum atomic E-state index is 12.8. The minimum Gasteiger partial charge on any atom is -0.312 e. The van der Waals surface area contributed by atoms with Crippen molar-refractivity contribution in [1.82, 2.24) is 0 Å². The van der Waals surface area contributed by atoms with E-state index in [0.717, 1.165) is 22.4 Å². The summed E-state index contributed by atoms with van der Waals surface area (Å²) in [5.41, 5.74) is 4.34. The van der Waals surface area contributed by atoms with Crippen LogP contribution in [0.3, 0.4) is 0 Å². The van der Waals surface area contributed by atoms with Gasteiger partial charge in [-0.15, -0.1) is 0 Å². The molecule has 1 N–H and O–H groups in total. The number of sulfonamides is 1. The number of carbonyl (C=O) groups excluding carboxylic acids is 1. The Hall–Kier alpha value is -3.12. The molecular weight excluding hydrogens is 384 g/mol. The van der Waals surface area contributed by atoms with Crippen molar-refractivity contribution in [2.24, 2.45) is 0 Å². The minimum atomic E-state index is -3.70. The molecule has 1 aliphatic rings. The van der Waals surface area contributed by atoms with Gasteiger partial charge >= 0.3 is 0 Å². The second kappa shape index (κ2) is 7.72. The topological polar surface area (TPSA) is 66.5 Å². The summed E-state index contributed by atoms with van der Waals surface area (Å²) < 4.78 is 28.3. The van der Waals surface area contributed by atoms with Gasteiger partial charge in [0.15, 0.2) is 0 Å². The summed E-state index contributed by atoms with van der Waals surface area (Å²) in [4.78, 5) is 14.0. The molecule has 0 bridgehead atoms. The lowest BCUT2D eigenvalue weighted by Gasteiger charge is -2.28. The van der Waals surface area contributed by atoms with E-state index in [9.17, 15) is 13.2 Å². The number of carbonyl (C=O) groups is 1. The van der Waals surface area contributed by atoms with Crippen LogP contribution in [0.4, 0.5) is 11.4 Å². The number of anilines is 2. The Bertz CT molecular complexity index is 1140. The Morgan fingerprint density at radius 3 is 2.28 bits per heavy atom. The predicted octanol–water partition coefficient (Wildman–Crippen LogP) is 4.45. The fourth-order valence-electron chi connectivity index (χ4n) is 3.64. The van der Waals surface area contributed by atoms with Crippen LogP contribution in [-0.2, 0) is 21.2 Å². The summed E-state index contributed by atoms with van der Waals surface area (Å²) in [7, 11) is -3.70.